The Hall–Kier alpha value is -11.4. The molecular formula is C90H115F5O16. The minimum atomic E-state index is -4.22. The second kappa shape index (κ2) is 54.3. The number of para-hydroxylation sites is 3. The Bertz CT molecular complexity index is 4020. The maximum atomic E-state index is 12.9. The maximum Gasteiger partial charge on any atom is 0.416 e. The summed E-state index contributed by atoms with van der Waals surface area (Å²) in [5.41, 5.74) is 8.51. The summed E-state index contributed by atoms with van der Waals surface area (Å²) in [6.45, 7) is 19.7. The molecule has 111 heavy (non-hydrogen) atoms. The summed E-state index contributed by atoms with van der Waals surface area (Å²) < 4.78 is 108. The minimum Gasteiger partial charge on any atom is -0.508 e. The Labute approximate surface area is 653 Å². The highest BCUT2D eigenvalue weighted by Gasteiger charge is 2.32. The number of benzene rings is 10. The fourth-order valence-electron chi connectivity index (χ4n) is 9.96. The van der Waals surface area contributed by atoms with Crippen LogP contribution in [0.5, 0.6) is 92.0 Å². The van der Waals surface area contributed by atoms with Crippen LogP contribution in [0.3, 0.4) is 0 Å². The van der Waals surface area contributed by atoms with Gasteiger partial charge in [-0.1, -0.05) is 142 Å². The quantitative estimate of drug-likeness (QED) is 0.0227. The fraction of sp³-hybridized carbons (Fsp3) is 0.333. The molecule has 0 aliphatic heterocycles. The van der Waals surface area contributed by atoms with Crippen LogP contribution in [-0.2, 0) is 70.4 Å². The van der Waals surface area contributed by atoms with Gasteiger partial charge in [0.2, 0.25) is 0 Å². The highest BCUT2D eigenvalue weighted by atomic mass is 19.4. The molecule has 0 aliphatic rings. The highest BCUT2D eigenvalue weighted by molar-refractivity contribution is 5.47. The first kappa shape index (κ1) is 97.7. The molecule has 10 aromatic rings. The second-order valence-corrected chi connectivity index (χ2v) is 23.5. The molecule has 0 amide bonds. The predicted molar refractivity (Wildman–Crippen MR) is 434 cm³/mol. The molecule has 16 nitrogen and oxygen atoms in total. The average Bonchev–Trinajstić information content (AvgIpc) is 0.839. The van der Waals surface area contributed by atoms with E-state index < -0.39 is 17.6 Å². The van der Waals surface area contributed by atoms with Gasteiger partial charge in [0.25, 0.3) is 0 Å². The zero-order valence-corrected chi connectivity index (χ0v) is 67.7. The van der Waals surface area contributed by atoms with Crippen LogP contribution in [-0.4, -0.2) is 99.7 Å². The van der Waals surface area contributed by atoms with Crippen LogP contribution in [0, 0.1) is 11.6 Å². The third-order valence-corrected chi connectivity index (χ3v) is 16.6. The van der Waals surface area contributed by atoms with Crippen LogP contribution in [0.4, 0.5) is 22.0 Å². The Morgan fingerprint density at radius 1 is 0.252 bits per heavy atom. The first-order valence-electron chi connectivity index (χ1n) is 36.4. The molecule has 0 heterocycles. The van der Waals surface area contributed by atoms with E-state index in [1.54, 1.807) is 118 Å². The number of rotatable bonds is 19. The van der Waals surface area contributed by atoms with Gasteiger partial charge in [-0.3, -0.25) is 0 Å². The van der Waals surface area contributed by atoms with Gasteiger partial charge < -0.3 is 78.4 Å². The summed E-state index contributed by atoms with van der Waals surface area (Å²) >= 11 is 0. The number of alkyl halides is 3. The Morgan fingerprint density at radius 2 is 0.694 bits per heavy atom. The molecule has 606 valence electrons. The van der Waals surface area contributed by atoms with Crippen molar-refractivity contribution in [3.05, 3.63) is 261 Å². The molecule has 10 rings (SSSR count). The number of hydrogen-bond acceptors (Lipinski definition) is 16. The first-order valence-corrected chi connectivity index (χ1v) is 36.4. The lowest BCUT2D eigenvalue weighted by atomic mass is 10.1. The molecule has 0 spiro atoms. The van der Waals surface area contributed by atoms with Gasteiger partial charge in [0.15, 0.2) is 46.1 Å². The monoisotopic (exact) mass is 1550 g/mol. The number of ether oxygens (including phenoxy) is 9. The van der Waals surface area contributed by atoms with Gasteiger partial charge in [0.1, 0.15) is 57.5 Å². The van der Waals surface area contributed by atoms with Crippen LogP contribution in [0.15, 0.2) is 188 Å². The fourth-order valence-corrected chi connectivity index (χ4v) is 9.96. The number of aryl methyl sites for hydroxylation is 10. The smallest absolute Gasteiger partial charge is 0.416 e. The maximum absolute atomic E-state index is 12.9. The zero-order chi connectivity index (χ0) is 83.6. The van der Waals surface area contributed by atoms with Gasteiger partial charge >= 0.3 is 6.18 Å². The number of phenols is 7. The first-order chi connectivity index (χ1) is 53.1. The molecule has 0 unspecified atom stereocenters. The Kier molecular flexibility index (Phi) is 47.8. The predicted octanol–water partition coefficient (Wildman–Crippen LogP) is 21.8. The van der Waals surface area contributed by atoms with Crippen LogP contribution < -0.4 is 42.6 Å². The molecule has 0 aliphatic carbocycles. The van der Waals surface area contributed by atoms with Crippen LogP contribution in [0.25, 0.3) is 0 Å². The number of hydrogen-bond donors (Lipinski definition) is 7. The van der Waals surface area contributed by atoms with E-state index in [1.165, 1.54) is 66.3 Å². The number of methoxy groups -OCH3 is 9. The molecule has 21 heteroatoms. The van der Waals surface area contributed by atoms with E-state index in [9.17, 15) is 32.2 Å². The van der Waals surface area contributed by atoms with Crippen molar-refractivity contribution in [1.29, 1.82) is 0 Å². The molecule has 0 aromatic heterocycles. The van der Waals surface area contributed by atoms with Gasteiger partial charge in [-0.05, 0) is 217 Å². The molecule has 0 radical (unpaired) electrons. The van der Waals surface area contributed by atoms with Crippen molar-refractivity contribution in [3.8, 4) is 92.0 Å². The summed E-state index contributed by atoms with van der Waals surface area (Å²) in [7, 11) is 14.6. The summed E-state index contributed by atoms with van der Waals surface area (Å²) in [6, 6.07) is 53.1. The van der Waals surface area contributed by atoms with Gasteiger partial charge in [-0.15, -0.1) is 0 Å². The molecule has 0 atom stereocenters. The van der Waals surface area contributed by atoms with Crippen LogP contribution >= 0.6 is 0 Å². The van der Waals surface area contributed by atoms with Crippen LogP contribution in [0.2, 0.25) is 0 Å². The normalized spacial score (nSPS) is 9.87. The SMILES string of the molecule is CCc1cc(O)ccc1O.CCc1cc(OC)cc(OC)c1.CCc1cc(OC)ccc1OC.CCc1ccc(OC)c(F)c1.CCc1ccc(OC)cc1O.CCc1ccc(OC)cc1OC.CCc1cccc(F)c1O.CCc1cccc(O)c1O.CCc1cccc(OC)c1O.CCc1ccccc1C(F)(F)F. The topological polar surface area (TPSA) is 225 Å². The molecule has 0 saturated heterocycles. The summed E-state index contributed by atoms with van der Waals surface area (Å²) in [4.78, 5) is 0. The van der Waals surface area contributed by atoms with Crippen molar-refractivity contribution < 1.29 is 100 Å². The second-order valence-electron chi connectivity index (χ2n) is 23.5. The van der Waals surface area contributed by atoms with E-state index in [1.807, 2.05) is 126 Å². The Balaban J connectivity index is 0.000000617. The summed E-state index contributed by atoms with van der Waals surface area (Å²) in [5.74, 6) is 6.75. The van der Waals surface area contributed by atoms with Gasteiger partial charge in [0, 0.05) is 18.2 Å². The standard InChI is InChI=1S/3C10H14O2.C9H9F3.C9H11FO.2C9H12O2.C8H9FO.2C8H10O2/c1-4-8-5-9(11-2)7-10(6-8)12-3;1-4-8-7-9(11-2)5-6-10(8)12-3;1-4-8-5-6-9(11-2)7-10(8)12-3;1-2-7-5-3-4-6-8(7)9(10,11)12;1-3-7-4-5-9(11-2)8(10)6-7;1-3-7-4-5-8(11-2)6-9(7)10;1-3-7-5-4-6-8(11-2)9(7)10;1-2-6-4-3-5-7(9)8(6)10;1-2-6-5-7(9)3-4-8(6)10;1-2-6-4-3-5-7(9)8(6)10/h3*5-7H,4H2,1-3H3;3-6H,2H2,1H3;4-6H,3H2,1-2H3;2*4-6,10H,3H2,1-2H3;3-5,10H,2H2,1H3;2*3-5,9-10H,2H2,1H3. The van der Waals surface area contributed by atoms with E-state index in [4.69, 9.17) is 68.2 Å². The van der Waals surface area contributed by atoms with E-state index in [-0.39, 0.29) is 40.3 Å². The lowest BCUT2D eigenvalue weighted by molar-refractivity contribution is -0.138. The molecular weight excluding hydrogens is 1430 g/mol. The number of aromatic hydroxyl groups is 7. The van der Waals surface area contributed by atoms with Gasteiger partial charge in [-0.2, -0.15) is 13.2 Å². The zero-order valence-electron chi connectivity index (χ0n) is 67.7. The van der Waals surface area contributed by atoms with Crippen molar-refractivity contribution in [2.75, 3.05) is 64.0 Å². The lowest BCUT2D eigenvalue weighted by Gasteiger charge is -2.10. The number of halogens is 5. The van der Waals surface area contributed by atoms with Crippen molar-refractivity contribution in [2.24, 2.45) is 0 Å². The van der Waals surface area contributed by atoms with Crippen molar-refractivity contribution in [1.82, 2.24) is 0 Å². The van der Waals surface area contributed by atoms with Crippen LogP contribution in [0.1, 0.15) is 130 Å². The highest BCUT2D eigenvalue weighted by Crippen LogP contribution is 2.34. The van der Waals surface area contributed by atoms with Crippen molar-refractivity contribution in [2.45, 2.75) is 140 Å². The van der Waals surface area contributed by atoms with Gasteiger partial charge in [-0.25, -0.2) is 8.78 Å². The van der Waals surface area contributed by atoms with Crippen molar-refractivity contribution >= 4 is 0 Å². The molecule has 10 aromatic carbocycles. The summed E-state index contributed by atoms with van der Waals surface area (Å²) in [5, 5.41) is 64.0. The minimum absolute atomic E-state index is 0.00463. The van der Waals surface area contributed by atoms with E-state index >= 15 is 0 Å². The van der Waals surface area contributed by atoms with E-state index in [0.717, 1.165) is 120 Å². The Morgan fingerprint density at radius 3 is 1.14 bits per heavy atom. The molecule has 0 fully saturated rings. The molecule has 0 saturated carbocycles. The molecule has 7 N–H and O–H groups in total. The lowest BCUT2D eigenvalue weighted by Crippen LogP contribution is -2.08. The summed E-state index contributed by atoms with van der Waals surface area (Å²) in [6.07, 6.45) is 3.77. The largest absolute Gasteiger partial charge is 0.508 e. The third-order valence-electron chi connectivity index (χ3n) is 16.6. The van der Waals surface area contributed by atoms with Crippen molar-refractivity contribution in [3.63, 3.8) is 0 Å². The average molecular weight is 1550 g/mol. The number of phenolic OH excluding ortho intramolecular Hbond substituents is 7. The molecule has 0 bridgehead atoms. The van der Waals surface area contributed by atoms with E-state index in [2.05, 4.69) is 20.8 Å². The third kappa shape index (κ3) is 34.8. The van der Waals surface area contributed by atoms with Gasteiger partial charge in [0.05, 0.1) is 69.6 Å². The van der Waals surface area contributed by atoms with E-state index in [0.29, 0.717) is 47.0 Å².